The van der Waals surface area contributed by atoms with Crippen LogP contribution in [0.2, 0.25) is 0 Å². The highest BCUT2D eigenvalue weighted by atomic mass is 15.1. The van der Waals surface area contributed by atoms with E-state index < -0.39 is 0 Å². The topological polar surface area (TPSA) is 33.1 Å². The molecule has 22 heavy (non-hydrogen) atoms. The van der Waals surface area contributed by atoms with Crippen molar-refractivity contribution in [1.29, 1.82) is 0 Å². The third kappa shape index (κ3) is 4.57. The molecule has 0 fully saturated rings. The zero-order valence-corrected chi connectivity index (χ0v) is 13.3. The molecule has 0 radical (unpaired) electrons. The van der Waals surface area contributed by atoms with Gasteiger partial charge in [-0.1, -0.05) is 30.4 Å². The van der Waals surface area contributed by atoms with Gasteiger partial charge in [-0.05, 0) is 23.8 Å². The van der Waals surface area contributed by atoms with Gasteiger partial charge in [0.25, 0.3) is 0 Å². The number of hydrogen-bond acceptors (Lipinski definition) is 2. The number of aromatic nitrogens is 1. The highest BCUT2D eigenvalue weighted by molar-refractivity contribution is 5.58. The Bertz CT molecular complexity index is 640. The maximum absolute atomic E-state index is 5.63. The van der Waals surface area contributed by atoms with E-state index in [0.29, 0.717) is 6.54 Å². The average Bonchev–Trinajstić information content (AvgIpc) is 2.53. The summed E-state index contributed by atoms with van der Waals surface area (Å²) >= 11 is 0. The van der Waals surface area contributed by atoms with Crippen LogP contribution in [0.3, 0.4) is 0 Å². The van der Waals surface area contributed by atoms with Gasteiger partial charge in [0, 0.05) is 38.0 Å². The Morgan fingerprint density at radius 3 is 2.41 bits per heavy atom. The Balaban J connectivity index is 2.02. The van der Waals surface area contributed by atoms with Gasteiger partial charge in [-0.15, -0.1) is 0 Å². The minimum atomic E-state index is 0.642. The first-order chi connectivity index (χ1) is 10.7. The second-order valence-corrected chi connectivity index (χ2v) is 5.31. The molecule has 0 aliphatic rings. The summed E-state index contributed by atoms with van der Waals surface area (Å²) in [6, 6.07) is 14.6. The zero-order valence-electron chi connectivity index (χ0n) is 13.3. The van der Waals surface area contributed by atoms with Crippen LogP contribution in [0.1, 0.15) is 11.3 Å². The Hall–Kier alpha value is -2.39. The van der Waals surface area contributed by atoms with E-state index >= 15 is 0 Å². The monoisotopic (exact) mass is 294 g/mol. The molecular weight excluding hydrogens is 270 g/mol. The van der Waals surface area contributed by atoms with Crippen molar-refractivity contribution in [2.45, 2.75) is 6.54 Å². The van der Waals surface area contributed by atoms with Gasteiger partial charge in [0.1, 0.15) is 0 Å². The second kappa shape index (κ2) is 8.15. The van der Waals surface area contributed by atoms with Crippen molar-refractivity contribution >= 4 is 17.8 Å². The van der Waals surface area contributed by atoms with Crippen molar-refractivity contribution in [3.63, 3.8) is 0 Å². The van der Waals surface area contributed by atoms with E-state index in [-0.39, 0.29) is 0 Å². The van der Waals surface area contributed by atoms with Crippen LogP contribution in [-0.2, 0) is 6.54 Å². The Morgan fingerprint density at radius 1 is 1.00 bits per heavy atom. The maximum Gasteiger partial charge on any atom is 0.205 e. The molecule has 0 saturated heterocycles. The number of benzene rings is 1. The minimum Gasteiger partial charge on any atom is -0.378 e. The summed E-state index contributed by atoms with van der Waals surface area (Å²) in [5, 5.41) is 0. The summed E-state index contributed by atoms with van der Waals surface area (Å²) in [4.78, 5) is 2.10. The van der Waals surface area contributed by atoms with Gasteiger partial charge in [0.05, 0.1) is 6.54 Å². The SMILES string of the molecule is CN(C)c1ccc(/C=C/C=C/c2cccc[n+]2CCN)cc1. The highest BCUT2D eigenvalue weighted by Crippen LogP contribution is 2.13. The molecule has 1 aromatic carbocycles. The first-order valence-corrected chi connectivity index (χ1v) is 7.51. The predicted octanol–water partition coefficient (Wildman–Crippen LogP) is 2.73. The number of anilines is 1. The van der Waals surface area contributed by atoms with Crippen LogP contribution >= 0.6 is 0 Å². The van der Waals surface area contributed by atoms with E-state index in [4.69, 9.17) is 5.73 Å². The van der Waals surface area contributed by atoms with Crippen LogP contribution in [0.5, 0.6) is 0 Å². The molecule has 0 bridgehead atoms. The molecule has 1 heterocycles. The van der Waals surface area contributed by atoms with E-state index in [0.717, 1.165) is 12.2 Å². The van der Waals surface area contributed by atoms with Crippen LogP contribution in [-0.4, -0.2) is 20.6 Å². The molecule has 0 aliphatic heterocycles. The highest BCUT2D eigenvalue weighted by Gasteiger charge is 2.03. The average molecular weight is 294 g/mol. The van der Waals surface area contributed by atoms with Gasteiger partial charge >= 0.3 is 0 Å². The molecule has 0 saturated carbocycles. The number of pyridine rings is 1. The molecule has 3 heteroatoms. The molecule has 114 valence electrons. The lowest BCUT2D eigenvalue weighted by Crippen LogP contribution is -2.39. The molecule has 0 spiro atoms. The van der Waals surface area contributed by atoms with Crippen molar-refractivity contribution < 1.29 is 4.57 Å². The molecule has 0 atom stereocenters. The van der Waals surface area contributed by atoms with Crippen molar-refractivity contribution in [2.24, 2.45) is 5.73 Å². The minimum absolute atomic E-state index is 0.642. The Kier molecular flexibility index (Phi) is 5.92. The fourth-order valence-electron chi connectivity index (χ4n) is 2.19. The molecule has 2 N–H and O–H groups in total. The lowest BCUT2D eigenvalue weighted by atomic mass is 10.2. The van der Waals surface area contributed by atoms with Gasteiger partial charge in [0.2, 0.25) is 5.69 Å². The van der Waals surface area contributed by atoms with Crippen LogP contribution in [0.4, 0.5) is 5.69 Å². The largest absolute Gasteiger partial charge is 0.378 e. The van der Waals surface area contributed by atoms with Gasteiger partial charge in [0.15, 0.2) is 12.7 Å². The smallest absolute Gasteiger partial charge is 0.205 e. The second-order valence-electron chi connectivity index (χ2n) is 5.31. The molecular formula is C19H24N3+. The number of allylic oxidation sites excluding steroid dienone is 2. The lowest BCUT2D eigenvalue weighted by molar-refractivity contribution is -0.696. The molecule has 2 aromatic rings. The van der Waals surface area contributed by atoms with Crippen LogP contribution in [0.25, 0.3) is 12.2 Å². The van der Waals surface area contributed by atoms with Gasteiger partial charge in [-0.3, -0.25) is 0 Å². The number of nitrogens with two attached hydrogens (primary N) is 1. The first-order valence-electron chi connectivity index (χ1n) is 7.51. The van der Waals surface area contributed by atoms with Crippen molar-refractivity contribution in [2.75, 3.05) is 25.5 Å². The Morgan fingerprint density at radius 2 is 1.73 bits per heavy atom. The van der Waals surface area contributed by atoms with E-state index in [9.17, 15) is 0 Å². The molecule has 2 rings (SSSR count). The maximum atomic E-state index is 5.63. The number of nitrogens with zero attached hydrogens (tertiary/aromatic N) is 2. The van der Waals surface area contributed by atoms with Gasteiger partial charge in [-0.25, -0.2) is 0 Å². The Labute approximate surface area is 133 Å². The summed E-state index contributed by atoms with van der Waals surface area (Å²) in [6.45, 7) is 1.47. The third-order valence-corrected chi connectivity index (χ3v) is 3.42. The number of hydrogen-bond donors (Lipinski definition) is 1. The van der Waals surface area contributed by atoms with E-state index in [1.807, 2.05) is 26.2 Å². The summed E-state index contributed by atoms with van der Waals surface area (Å²) in [5.74, 6) is 0. The van der Waals surface area contributed by atoms with Crippen molar-refractivity contribution in [3.8, 4) is 0 Å². The number of rotatable bonds is 6. The summed E-state index contributed by atoms with van der Waals surface area (Å²) in [5.41, 5.74) is 9.19. The van der Waals surface area contributed by atoms with Crippen LogP contribution in [0, 0.1) is 0 Å². The van der Waals surface area contributed by atoms with Gasteiger partial charge in [-0.2, -0.15) is 4.57 Å². The molecule has 3 nitrogen and oxygen atoms in total. The normalized spacial score (nSPS) is 11.4. The zero-order chi connectivity index (χ0) is 15.8. The quantitative estimate of drug-likeness (QED) is 0.656. The van der Waals surface area contributed by atoms with E-state index in [2.05, 4.69) is 70.3 Å². The molecule has 1 aromatic heterocycles. The molecule has 0 unspecified atom stereocenters. The fourth-order valence-corrected chi connectivity index (χ4v) is 2.19. The lowest BCUT2D eigenvalue weighted by Gasteiger charge is -2.11. The summed E-state index contributed by atoms with van der Waals surface area (Å²) in [6.07, 6.45) is 10.4. The molecule has 0 amide bonds. The van der Waals surface area contributed by atoms with Crippen LogP contribution < -0.4 is 15.2 Å². The van der Waals surface area contributed by atoms with Crippen LogP contribution in [0.15, 0.2) is 60.8 Å². The third-order valence-electron chi connectivity index (χ3n) is 3.42. The summed E-state index contributed by atoms with van der Waals surface area (Å²) < 4.78 is 2.15. The standard InChI is InChI=1S/C19H24N3/c1-21(2)18-12-10-17(11-13-18)7-3-4-8-19-9-5-6-15-22(19)16-14-20/h3-13,15H,14,16,20H2,1-2H3/q+1. The van der Waals surface area contributed by atoms with E-state index in [1.165, 1.54) is 11.3 Å². The van der Waals surface area contributed by atoms with Crippen molar-refractivity contribution in [1.82, 2.24) is 0 Å². The predicted molar refractivity (Wildman–Crippen MR) is 94.5 cm³/mol. The van der Waals surface area contributed by atoms with Crippen molar-refractivity contribution in [3.05, 3.63) is 72.1 Å². The summed E-state index contributed by atoms with van der Waals surface area (Å²) in [7, 11) is 4.09. The van der Waals surface area contributed by atoms with Gasteiger partial charge < -0.3 is 10.6 Å². The first kappa shape index (κ1) is 16.0. The fraction of sp³-hybridized carbons (Fsp3) is 0.211. The van der Waals surface area contributed by atoms with E-state index in [1.54, 1.807) is 0 Å². The molecule has 0 aliphatic carbocycles.